The van der Waals surface area contributed by atoms with Crippen LogP contribution in [0.25, 0.3) is 0 Å². The maximum atomic E-state index is 5.03. The second kappa shape index (κ2) is 6.38. The van der Waals surface area contributed by atoms with Crippen LogP contribution in [0.15, 0.2) is 12.2 Å². The van der Waals surface area contributed by atoms with Gasteiger partial charge >= 0.3 is 0 Å². The molecule has 0 fully saturated rings. The lowest BCUT2D eigenvalue weighted by Gasteiger charge is -2.12. The monoisotopic (exact) mass is 158 g/mol. The first-order valence-corrected chi connectivity index (χ1v) is 3.96. The second-order valence-electron chi connectivity index (χ2n) is 2.54. The molecule has 0 aliphatic rings. The topological polar surface area (TPSA) is 18.5 Å². The first-order valence-electron chi connectivity index (χ1n) is 3.96. The molecular formula is C9H18O2. The first-order chi connectivity index (χ1) is 5.24. The molecule has 0 aromatic heterocycles. The third-order valence-corrected chi connectivity index (χ3v) is 1.76. The van der Waals surface area contributed by atoms with E-state index in [0.29, 0.717) is 0 Å². The molecule has 66 valence electrons. The molecule has 0 unspecified atom stereocenters. The van der Waals surface area contributed by atoms with E-state index < -0.39 is 0 Å². The Labute approximate surface area is 69.2 Å². The van der Waals surface area contributed by atoms with Crippen LogP contribution in [-0.4, -0.2) is 20.5 Å². The van der Waals surface area contributed by atoms with Gasteiger partial charge in [-0.3, -0.25) is 0 Å². The van der Waals surface area contributed by atoms with Crippen molar-refractivity contribution in [1.82, 2.24) is 0 Å². The molecule has 0 saturated carbocycles. The largest absolute Gasteiger partial charge is 0.356 e. The van der Waals surface area contributed by atoms with Crippen molar-refractivity contribution in [2.24, 2.45) is 0 Å². The fourth-order valence-corrected chi connectivity index (χ4v) is 0.831. The second-order valence-corrected chi connectivity index (χ2v) is 2.54. The van der Waals surface area contributed by atoms with E-state index in [1.165, 1.54) is 5.57 Å². The van der Waals surface area contributed by atoms with Gasteiger partial charge in [0.15, 0.2) is 6.29 Å². The zero-order chi connectivity index (χ0) is 8.69. The number of allylic oxidation sites excluding steroid dienone is 1. The quantitative estimate of drug-likeness (QED) is 0.436. The molecule has 0 bridgehead atoms. The summed E-state index contributed by atoms with van der Waals surface area (Å²) in [5, 5.41) is 0. The predicted octanol–water partition coefficient (Wildman–Crippen LogP) is 2.35. The molecular weight excluding hydrogens is 140 g/mol. The van der Waals surface area contributed by atoms with Gasteiger partial charge in [0.2, 0.25) is 0 Å². The lowest BCUT2D eigenvalue weighted by Crippen LogP contribution is -2.12. The molecule has 0 radical (unpaired) electrons. The highest BCUT2D eigenvalue weighted by Gasteiger charge is 2.04. The van der Waals surface area contributed by atoms with Crippen LogP contribution >= 0.6 is 0 Å². The van der Waals surface area contributed by atoms with Gasteiger partial charge < -0.3 is 9.47 Å². The lowest BCUT2D eigenvalue weighted by molar-refractivity contribution is -0.105. The molecule has 2 nitrogen and oxygen atoms in total. The molecule has 0 aliphatic heterocycles. The van der Waals surface area contributed by atoms with Crippen LogP contribution in [0.4, 0.5) is 0 Å². The molecule has 0 N–H and O–H groups in total. The van der Waals surface area contributed by atoms with Gasteiger partial charge in [-0.2, -0.15) is 0 Å². The standard InChI is InChI=1S/C9H18O2/c1-5-8(2)6-7-9(10-3)11-4/h9H,2,5-7H2,1,3-4H3. The Balaban J connectivity index is 3.42. The number of rotatable bonds is 6. The Morgan fingerprint density at radius 3 is 2.27 bits per heavy atom. The van der Waals surface area contributed by atoms with Gasteiger partial charge in [-0.25, -0.2) is 0 Å². The molecule has 0 spiro atoms. The summed E-state index contributed by atoms with van der Waals surface area (Å²) < 4.78 is 10.1. The van der Waals surface area contributed by atoms with Crippen molar-refractivity contribution in [3.05, 3.63) is 12.2 Å². The van der Waals surface area contributed by atoms with Crippen LogP contribution in [0, 0.1) is 0 Å². The molecule has 0 saturated heterocycles. The van der Waals surface area contributed by atoms with Crippen LogP contribution in [0.1, 0.15) is 26.2 Å². The van der Waals surface area contributed by atoms with Gasteiger partial charge in [-0.15, -0.1) is 0 Å². The fraction of sp³-hybridized carbons (Fsp3) is 0.778. The molecule has 0 heterocycles. The normalized spacial score (nSPS) is 10.5. The van der Waals surface area contributed by atoms with Crippen LogP contribution in [0.2, 0.25) is 0 Å². The molecule has 0 aliphatic carbocycles. The van der Waals surface area contributed by atoms with Crippen LogP contribution < -0.4 is 0 Å². The first kappa shape index (κ1) is 10.7. The average molecular weight is 158 g/mol. The summed E-state index contributed by atoms with van der Waals surface area (Å²) in [7, 11) is 3.31. The summed E-state index contributed by atoms with van der Waals surface area (Å²) in [6, 6.07) is 0. The highest BCUT2D eigenvalue weighted by atomic mass is 16.7. The average Bonchev–Trinajstić information content (AvgIpc) is 2.06. The molecule has 2 heteroatoms. The molecule has 0 aromatic rings. The minimum atomic E-state index is -0.0710. The van der Waals surface area contributed by atoms with E-state index in [4.69, 9.17) is 9.47 Å². The number of hydrogen-bond acceptors (Lipinski definition) is 2. The maximum absolute atomic E-state index is 5.03. The van der Waals surface area contributed by atoms with Gasteiger partial charge in [0.1, 0.15) is 0 Å². The van der Waals surface area contributed by atoms with Crippen molar-refractivity contribution < 1.29 is 9.47 Å². The van der Waals surface area contributed by atoms with E-state index in [1.807, 2.05) is 0 Å². The summed E-state index contributed by atoms with van der Waals surface area (Å²) in [6.45, 7) is 6.01. The van der Waals surface area contributed by atoms with Crippen molar-refractivity contribution in [3.63, 3.8) is 0 Å². The number of hydrogen-bond donors (Lipinski definition) is 0. The van der Waals surface area contributed by atoms with Crippen LogP contribution in [0.5, 0.6) is 0 Å². The lowest BCUT2D eigenvalue weighted by atomic mass is 10.1. The minimum Gasteiger partial charge on any atom is -0.356 e. The van der Waals surface area contributed by atoms with E-state index in [2.05, 4.69) is 13.5 Å². The van der Waals surface area contributed by atoms with Gasteiger partial charge in [0.05, 0.1) is 0 Å². The zero-order valence-electron chi connectivity index (χ0n) is 7.72. The Morgan fingerprint density at radius 2 is 1.91 bits per heavy atom. The molecule has 0 atom stereocenters. The van der Waals surface area contributed by atoms with Gasteiger partial charge in [-0.1, -0.05) is 19.1 Å². The molecule has 0 aromatic carbocycles. The SMILES string of the molecule is C=C(CC)CCC(OC)OC. The van der Waals surface area contributed by atoms with E-state index in [0.717, 1.165) is 19.3 Å². The summed E-state index contributed by atoms with van der Waals surface area (Å²) >= 11 is 0. The zero-order valence-corrected chi connectivity index (χ0v) is 7.72. The highest BCUT2D eigenvalue weighted by Crippen LogP contribution is 2.10. The van der Waals surface area contributed by atoms with Gasteiger partial charge in [0, 0.05) is 20.6 Å². The summed E-state index contributed by atoms with van der Waals surface area (Å²) in [4.78, 5) is 0. The smallest absolute Gasteiger partial charge is 0.157 e. The van der Waals surface area contributed by atoms with E-state index in [1.54, 1.807) is 14.2 Å². The third-order valence-electron chi connectivity index (χ3n) is 1.76. The Hall–Kier alpha value is -0.340. The van der Waals surface area contributed by atoms with Crippen molar-refractivity contribution >= 4 is 0 Å². The summed E-state index contributed by atoms with van der Waals surface area (Å²) in [5.41, 5.74) is 1.25. The fourth-order valence-electron chi connectivity index (χ4n) is 0.831. The van der Waals surface area contributed by atoms with Crippen LogP contribution in [-0.2, 0) is 9.47 Å². The maximum Gasteiger partial charge on any atom is 0.157 e. The minimum absolute atomic E-state index is 0.0710. The van der Waals surface area contributed by atoms with Crippen molar-refractivity contribution in [1.29, 1.82) is 0 Å². The Kier molecular flexibility index (Phi) is 6.18. The Morgan fingerprint density at radius 1 is 1.36 bits per heavy atom. The van der Waals surface area contributed by atoms with Crippen molar-refractivity contribution in [2.45, 2.75) is 32.5 Å². The van der Waals surface area contributed by atoms with Gasteiger partial charge in [0.25, 0.3) is 0 Å². The number of methoxy groups -OCH3 is 2. The van der Waals surface area contributed by atoms with E-state index >= 15 is 0 Å². The highest BCUT2D eigenvalue weighted by molar-refractivity contribution is 4.92. The predicted molar refractivity (Wildman–Crippen MR) is 46.5 cm³/mol. The summed E-state index contributed by atoms with van der Waals surface area (Å²) in [6.07, 6.45) is 2.86. The molecule has 0 rings (SSSR count). The molecule has 11 heavy (non-hydrogen) atoms. The van der Waals surface area contributed by atoms with E-state index in [-0.39, 0.29) is 6.29 Å². The Bertz CT molecular complexity index is 106. The van der Waals surface area contributed by atoms with Crippen molar-refractivity contribution in [2.75, 3.05) is 14.2 Å². The van der Waals surface area contributed by atoms with E-state index in [9.17, 15) is 0 Å². The third kappa shape index (κ3) is 4.99. The van der Waals surface area contributed by atoms with Crippen molar-refractivity contribution in [3.8, 4) is 0 Å². The van der Waals surface area contributed by atoms with Crippen LogP contribution in [0.3, 0.4) is 0 Å². The molecule has 0 amide bonds. The summed E-state index contributed by atoms with van der Waals surface area (Å²) in [5.74, 6) is 0. The number of ether oxygens (including phenoxy) is 2. The van der Waals surface area contributed by atoms with Gasteiger partial charge in [-0.05, 0) is 12.8 Å².